The molecule has 2 radical (unpaired) electrons. The second-order valence-electron chi connectivity index (χ2n) is 3.12. The maximum Gasteiger partial charge on any atom is 0.143 e. The molecule has 0 aliphatic heterocycles. The second kappa shape index (κ2) is 6.62. The molecule has 1 nitrogen and oxygen atoms in total. The van der Waals surface area contributed by atoms with Crippen molar-refractivity contribution >= 4 is 9.68 Å². The van der Waals surface area contributed by atoms with Crippen molar-refractivity contribution in [1.82, 2.24) is 4.98 Å². The van der Waals surface area contributed by atoms with Crippen molar-refractivity contribution in [2.75, 3.05) is 0 Å². The summed E-state index contributed by atoms with van der Waals surface area (Å²) in [6, 6.07) is 1.87. The fourth-order valence-corrected chi connectivity index (χ4v) is 1.77. The van der Waals surface area contributed by atoms with Gasteiger partial charge < -0.3 is 4.98 Å². The van der Waals surface area contributed by atoms with Crippen LogP contribution >= 0.6 is 0 Å². The Kier molecular flexibility index (Phi) is 6.57. The molecule has 1 N–H and O–H groups in total. The first-order chi connectivity index (χ1) is 5.16. The minimum atomic E-state index is 0.680. The first-order valence-corrected chi connectivity index (χ1v) is 5.49. The largest absolute Gasteiger partial charge is 0.336 e. The van der Waals surface area contributed by atoms with Crippen LogP contribution in [0.3, 0.4) is 0 Å². The average molecular weight is 169 g/mol. The molecule has 1 atom stereocenters. The lowest BCUT2D eigenvalue weighted by atomic mass is 10.3. The number of nitrogens with one attached hydrogen (secondary N) is 1. The Bertz CT molecular complexity index is 117. The zero-order valence-corrected chi connectivity index (χ0v) is 9.07. The van der Waals surface area contributed by atoms with E-state index in [9.17, 15) is 0 Å². The summed E-state index contributed by atoms with van der Waals surface area (Å²) in [6.07, 6.45) is 3.51. The minimum absolute atomic E-state index is 0.680. The number of hydrogen-bond acceptors (Lipinski definition) is 1. The van der Waals surface area contributed by atoms with Gasteiger partial charge in [0.05, 0.1) is 0 Å². The van der Waals surface area contributed by atoms with Crippen molar-refractivity contribution in [3.05, 3.63) is 11.6 Å². The normalized spacial score (nSPS) is 12.7. The maximum atomic E-state index is 3.47. The van der Waals surface area contributed by atoms with Gasteiger partial charge in [-0.3, -0.25) is 0 Å². The molecular formula is C9H19NSi. The van der Waals surface area contributed by atoms with Gasteiger partial charge in [-0.05, 0) is 32.4 Å². The van der Waals surface area contributed by atoms with Gasteiger partial charge in [-0.1, -0.05) is 25.5 Å². The van der Waals surface area contributed by atoms with Gasteiger partial charge >= 0.3 is 0 Å². The van der Waals surface area contributed by atoms with E-state index in [4.69, 9.17) is 0 Å². The van der Waals surface area contributed by atoms with E-state index in [1.165, 1.54) is 18.0 Å². The lowest BCUT2D eigenvalue weighted by Crippen LogP contribution is -2.28. The first kappa shape index (κ1) is 10.9. The third-order valence-corrected chi connectivity index (χ3v) is 2.68. The Labute approximate surface area is 73.2 Å². The Morgan fingerprint density at radius 2 is 2.18 bits per heavy atom. The number of rotatable bonds is 5. The number of allylic oxidation sites excluding steroid dienone is 2. The Morgan fingerprint density at radius 3 is 2.64 bits per heavy atom. The second-order valence-corrected chi connectivity index (χ2v) is 4.17. The predicted octanol–water partition coefficient (Wildman–Crippen LogP) is 2.38. The molecule has 0 aromatic heterocycles. The Hall–Kier alpha value is -0.0831. The summed E-state index contributed by atoms with van der Waals surface area (Å²) in [6.45, 7) is 8.74. The topological polar surface area (TPSA) is 12.0 Å². The summed E-state index contributed by atoms with van der Waals surface area (Å²) in [5.41, 5.74) is 1.42. The smallest absolute Gasteiger partial charge is 0.143 e. The molecule has 0 saturated carbocycles. The molecule has 0 aromatic rings. The van der Waals surface area contributed by atoms with E-state index in [2.05, 4.69) is 38.8 Å². The summed E-state index contributed by atoms with van der Waals surface area (Å²) in [7, 11) is 0.886. The van der Waals surface area contributed by atoms with E-state index in [1.807, 2.05) is 0 Å². The van der Waals surface area contributed by atoms with Gasteiger partial charge in [-0.15, -0.1) is 0 Å². The molecule has 0 saturated heterocycles. The molecule has 11 heavy (non-hydrogen) atoms. The molecule has 1 unspecified atom stereocenters. The van der Waals surface area contributed by atoms with E-state index in [0.29, 0.717) is 6.04 Å². The molecule has 2 heteroatoms. The highest BCUT2D eigenvalue weighted by atomic mass is 28.2. The molecule has 0 heterocycles. The number of hydrogen-bond donors (Lipinski definition) is 1. The lowest BCUT2D eigenvalue weighted by molar-refractivity contribution is 0.655. The zero-order chi connectivity index (χ0) is 8.69. The van der Waals surface area contributed by atoms with Crippen LogP contribution in [0.5, 0.6) is 0 Å². The highest BCUT2D eigenvalue weighted by Crippen LogP contribution is 1.92. The van der Waals surface area contributed by atoms with Crippen LogP contribution in [0.2, 0.25) is 6.04 Å². The SMILES string of the molecule is CCC(C)N[Si]CC=C(C)C. The Morgan fingerprint density at radius 1 is 1.55 bits per heavy atom. The van der Waals surface area contributed by atoms with Gasteiger partial charge in [0.1, 0.15) is 9.68 Å². The highest BCUT2D eigenvalue weighted by molar-refractivity contribution is 6.32. The zero-order valence-electron chi connectivity index (χ0n) is 8.07. The summed E-state index contributed by atoms with van der Waals surface area (Å²) in [5, 5.41) is 0. The minimum Gasteiger partial charge on any atom is -0.336 e. The van der Waals surface area contributed by atoms with Gasteiger partial charge in [-0.25, -0.2) is 0 Å². The summed E-state index contributed by atoms with van der Waals surface area (Å²) >= 11 is 0. The third kappa shape index (κ3) is 7.82. The molecule has 0 aliphatic carbocycles. The van der Waals surface area contributed by atoms with Gasteiger partial charge in [0.25, 0.3) is 0 Å². The van der Waals surface area contributed by atoms with Crippen molar-refractivity contribution < 1.29 is 0 Å². The van der Waals surface area contributed by atoms with Gasteiger partial charge in [0, 0.05) is 0 Å². The lowest BCUT2D eigenvalue weighted by Gasteiger charge is -2.08. The molecule has 0 aromatic carbocycles. The van der Waals surface area contributed by atoms with Crippen LogP contribution in [-0.4, -0.2) is 15.7 Å². The maximum absolute atomic E-state index is 3.47. The van der Waals surface area contributed by atoms with E-state index in [0.717, 1.165) is 9.68 Å². The van der Waals surface area contributed by atoms with Crippen LogP contribution in [0.25, 0.3) is 0 Å². The van der Waals surface area contributed by atoms with Gasteiger partial charge in [0.2, 0.25) is 0 Å². The predicted molar refractivity (Wildman–Crippen MR) is 52.9 cm³/mol. The molecular weight excluding hydrogens is 150 g/mol. The van der Waals surface area contributed by atoms with Crippen LogP contribution in [0.1, 0.15) is 34.1 Å². The molecule has 0 bridgehead atoms. The monoisotopic (exact) mass is 169 g/mol. The molecule has 0 rings (SSSR count). The highest BCUT2D eigenvalue weighted by Gasteiger charge is 1.94. The van der Waals surface area contributed by atoms with Crippen LogP contribution < -0.4 is 4.98 Å². The molecule has 64 valence electrons. The van der Waals surface area contributed by atoms with Crippen LogP contribution in [0.4, 0.5) is 0 Å². The quantitative estimate of drug-likeness (QED) is 0.378. The molecule has 0 fully saturated rings. The standard InChI is InChI=1S/C9H19NSi/c1-5-9(4)10-11-7-6-8(2)3/h6,9-10H,5,7H2,1-4H3. The summed E-state index contributed by atoms with van der Waals surface area (Å²) in [5.74, 6) is 0. The average Bonchev–Trinajstić information content (AvgIpc) is 1.97. The van der Waals surface area contributed by atoms with E-state index >= 15 is 0 Å². The van der Waals surface area contributed by atoms with Crippen molar-refractivity contribution in [2.24, 2.45) is 0 Å². The fourth-order valence-electron chi connectivity index (χ4n) is 0.590. The van der Waals surface area contributed by atoms with Crippen molar-refractivity contribution in [3.63, 3.8) is 0 Å². The van der Waals surface area contributed by atoms with Crippen molar-refractivity contribution in [3.8, 4) is 0 Å². The van der Waals surface area contributed by atoms with Crippen molar-refractivity contribution in [2.45, 2.75) is 46.2 Å². The van der Waals surface area contributed by atoms with Gasteiger partial charge in [-0.2, -0.15) is 0 Å². The first-order valence-electron chi connectivity index (χ1n) is 4.28. The Balaban J connectivity index is 3.21. The van der Waals surface area contributed by atoms with Gasteiger partial charge in [0.15, 0.2) is 0 Å². The van der Waals surface area contributed by atoms with E-state index < -0.39 is 0 Å². The molecule has 0 amide bonds. The third-order valence-electron chi connectivity index (χ3n) is 1.57. The molecule has 0 spiro atoms. The van der Waals surface area contributed by atoms with Crippen LogP contribution in [0.15, 0.2) is 11.6 Å². The van der Waals surface area contributed by atoms with Crippen molar-refractivity contribution in [1.29, 1.82) is 0 Å². The van der Waals surface area contributed by atoms with Crippen LogP contribution in [-0.2, 0) is 0 Å². The van der Waals surface area contributed by atoms with E-state index in [-0.39, 0.29) is 0 Å². The summed E-state index contributed by atoms with van der Waals surface area (Å²) < 4.78 is 0. The summed E-state index contributed by atoms with van der Waals surface area (Å²) in [4.78, 5) is 3.47. The van der Waals surface area contributed by atoms with E-state index in [1.54, 1.807) is 0 Å². The fraction of sp³-hybridized carbons (Fsp3) is 0.778. The molecule has 0 aliphatic rings. The van der Waals surface area contributed by atoms with Crippen LogP contribution in [0, 0.1) is 0 Å².